The Morgan fingerprint density at radius 2 is 1.10 bits per heavy atom. The topological polar surface area (TPSA) is 57.0 Å². The first-order valence-corrected chi connectivity index (χ1v) is 17.1. The van der Waals surface area contributed by atoms with Crippen molar-refractivity contribution < 1.29 is 8.83 Å². The molecule has 0 amide bonds. The SMILES string of the molecule is c1ccc(-c2cc(-c3cccc4c3oc3ccccc34)nc(-c3ccc(-n4c5ccccc5c5c6c(ccc54)oc4ccccc46)cc3)n2)cc1. The third-order valence-electron chi connectivity index (χ3n) is 10.0. The molecule has 4 heterocycles. The molecule has 0 aliphatic rings. The molecule has 0 spiro atoms. The van der Waals surface area contributed by atoms with Crippen LogP contribution in [0.1, 0.15) is 0 Å². The summed E-state index contributed by atoms with van der Waals surface area (Å²) in [5, 5.41) is 6.82. The molecule has 0 bridgehead atoms. The highest BCUT2D eigenvalue weighted by Crippen LogP contribution is 2.42. The van der Waals surface area contributed by atoms with Gasteiger partial charge in [-0.2, -0.15) is 0 Å². The van der Waals surface area contributed by atoms with Gasteiger partial charge in [0.1, 0.15) is 22.3 Å². The van der Waals surface area contributed by atoms with E-state index in [1.54, 1.807) is 0 Å². The first-order chi connectivity index (χ1) is 25.3. The predicted octanol–water partition coefficient (Wildman–Crippen LogP) is 12.4. The second-order valence-corrected chi connectivity index (χ2v) is 12.9. The highest BCUT2D eigenvalue weighted by atomic mass is 16.3. The second kappa shape index (κ2) is 10.8. The summed E-state index contributed by atoms with van der Waals surface area (Å²) in [4.78, 5) is 10.3. The van der Waals surface area contributed by atoms with E-state index in [4.69, 9.17) is 18.8 Å². The van der Waals surface area contributed by atoms with Crippen LogP contribution in [0.2, 0.25) is 0 Å². The minimum atomic E-state index is 0.653. The van der Waals surface area contributed by atoms with Gasteiger partial charge >= 0.3 is 0 Å². The zero-order chi connectivity index (χ0) is 33.5. The van der Waals surface area contributed by atoms with Gasteiger partial charge in [-0.25, -0.2) is 9.97 Å². The third-order valence-corrected chi connectivity index (χ3v) is 10.0. The maximum absolute atomic E-state index is 6.43. The summed E-state index contributed by atoms with van der Waals surface area (Å²) < 4.78 is 15.1. The van der Waals surface area contributed by atoms with Gasteiger partial charge in [-0.05, 0) is 66.7 Å². The van der Waals surface area contributed by atoms with Crippen molar-refractivity contribution in [2.24, 2.45) is 0 Å². The molecule has 238 valence electrons. The lowest BCUT2D eigenvalue weighted by molar-refractivity contribution is 0.669. The Bertz CT molecular complexity index is 3130. The summed E-state index contributed by atoms with van der Waals surface area (Å²) in [5.74, 6) is 0.653. The van der Waals surface area contributed by atoms with Crippen LogP contribution in [0, 0.1) is 0 Å². The number of furan rings is 2. The molecule has 11 rings (SSSR count). The summed E-state index contributed by atoms with van der Waals surface area (Å²) in [6, 6.07) is 56.5. The summed E-state index contributed by atoms with van der Waals surface area (Å²) in [6.07, 6.45) is 0. The quantitative estimate of drug-likeness (QED) is 0.190. The van der Waals surface area contributed by atoms with Crippen LogP contribution in [-0.4, -0.2) is 14.5 Å². The van der Waals surface area contributed by atoms with Gasteiger partial charge in [-0.3, -0.25) is 0 Å². The molecule has 0 fully saturated rings. The minimum absolute atomic E-state index is 0.653. The van der Waals surface area contributed by atoms with Gasteiger partial charge in [0, 0.05) is 54.7 Å². The summed E-state index contributed by atoms with van der Waals surface area (Å²) >= 11 is 0. The Labute approximate surface area is 291 Å². The number of hydrogen-bond donors (Lipinski definition) is 0. The Morgan fingerprint density at radius 1 is 0.412 bits per heavy atom. The second-order valence-electron chi connectivity index (χ2n) is 12.9. The third kappa shape index (κ3) is 4.22. The van der Waals surface area contributed by atoms with E-state index >= 15 is 0 Å². The van der Waals surface area contributed by atoms with Crippen molar-refractivity contribution in [3.05, 3.63) is 164 Å². The fourth-order valence-corrected chi connectivity index (χ4v) is 7.73. The van der Waals surface area contributed by atoms with Crippen molar-refractivity contribution in [2.75, 3.05) is 0 Å². The van der Waals surface area contributed by atoms with Gasteiger partial charge in [0.05, 0.1) is 22.4 Å². The lowest BCUT2D eigenvalue weighted by Gasteiger charge is -2.11. The van der Waals surface area contributed by atoms with E-state index in [0.29, 0.717) is 5.82 Å². The zero-order valence-electron chi connectivity index (χ0n) is 27.2. The monoisotopic (exact) mass is 653 g/mol. The van der Waals surface area contributed by atoms with Crippen LogP contribution >= 0.6 is 0 Å². The molecule has 4 aromatic heterocycles. The molecular formula is C46H27N3O2. The molecule has 0 saturated carbocycles. The molecule has 0 unspecified atom stereocenters. The number of benzene rings is 7. The Morgan fingerprint density at radius 3 is 1.94 bits per heavy atom. The van der Waals surface area contributed by atoms with Gasteiger partial charge in [0.2, 0.25) is 0 Å². The number of aromatic nitrogens is 3. The van der Waals surface area contributed by atoms with Crippen LogP contribution in [0.15, 0.2) is 173 Å². The summed E-state index contributed by atoms with van der Waals surface area (Å²) in [7, 11) is 0. The van der Waals surface area contributed by atoms with Crippen molar-refractivity contribution in [3.8, 4) is 39.6 Å². The van der Waals surface area contributed by atoms with Gasteiger partial charge < -0.3 is 13.4 Å². The summed E-state index contributed by atoms with van der Waals surface area (Å²) in [6.45, 7) is 0. The molecule has 51 heavy (non-hydrogen) atoms. The van der Waals surface area contributed by atoms with Gasteiger partial charge in [0.25, 0.3) is 0 Å². The first-order valence-electron chi connectivity index (χ1n) is 17.1. The number of hydrogen-bond acceptors (Lipinski definition) is 4. The van der Waals surface area contributed by atoms with Crippen LogP contribution in [0.3, 0.4) is 0 Å². The molecule has 11 aromatic rings. The largest absolute Gasteiger partial charge is 0.456 e. The first kappa shape index (κ1) is 27.9. The molecule has 5 nitrogen and oxygen atoms in total. The minimum Gasteiger partial charge on any atom is -0.456 e. The number of rotatable bonds is 4. The van der Waals surface area contributed by atoms with Crippen LogP contribution in [0.25, 0.3) is 105 Å². The molecule has 7 aromatic carbocycles. The normalized spacial score (nSPS) is 11.9. The standard InChI is InChI=1S/C46H27N3O2/c1-2-11-28(12-3-1)36-27-37(33-17-10-16-32-31-13-5-8-19-40(31)51-45(32)33)48-46(47-36)29-21-23-30(24-22-29)49-38-18-7-4-14-34(38)43-39(49)25-26-42-44(43)35-15-6-9-20-41(35)50-42/h1-27H. The zero-order valence-corrected chi connectivity index (χ0v) is 27.2. The molecule has 0 N–H and O–H groups in total. The molecule has 0 saturated heterocycles. The van der Waals surface area contributed by atoms with Crippen molar-refractivity contribution in [2.45, 2.75) is 0 Å². The van der Waals surface area contributed by atoms with E-state index in [0.717, 1.165) is 88.7 Å². The van der Waals surface area contributed by atoms with Crippen molar-refractivity contribution >= 4 is 65.7 Å². The number of fused-ring (bicyclic) bond motifs is 10. The lowest BCUT2D eigenvalue weighted by atomic mass is 10.0. The van der Waals surface area contributed by atoms with Crippen molar-refractivity contribution in [1.29, 1.82) is 0 Å². The van der Waals surface area contributed by atoms with E-state index in [1.165, 1.54) is 10.8 Å². The molecular weight excluding hydrogens is 627 g/mol. The Kier molecular flexibility index (Phi) is 5.89. The molecule has 0 atom stereocenters. The van der Waals surface area contributed by atoms with Gasteiger partial charge in [-0.15, -0.1) is 0 Å². The van der Waals surface area contributed by atoms with Crippen LogP contribution in [0.5, 0.6) is 0 Å². The smallest absolute Gasteiger partial charge is 0.160 e. The fourth-order valence-electron chi connectivity index (χ4n) is 7.73. The molecule has 5 heteroatoms. The Balaban J connectivity index is 1.09. The predicted molar refractivity (Wildman–Crippen MR) is 207 cm³/mol. The van der Waals surface area contributed by atoms with E-state index in [2.05, 4.69) is 120 Å². The van der Waals surface area contributed by atoms with Crippen LogP contribution in [0.4, 0.5) is 0 Å². The average Bonchev–Trinajstić information content (AvgIpc) is 3.87. The van der Waals surface area contributed by atoms with Gasteiger partial charge in [-0.1, -0.05) is 97.1 Å². The highest BCUT2D eigenvalue weighted by Gasteiger charge is 2.20. The van der Waals surface area contributed by atoms with E-state index in [9.17, 15) is 0 Å². The van der Waals surface area contributed by atoms with Crippen molar-refractivity contribution in [1.82, 2.24) is 14.5 Å². The van der Waals surface area contributed by atoms with Crippen molar-refractivity contribution in [3.63, 3.8) is 0 Å². The molecule has 0 radical (unpaired) electrons. The maximum atomic E-state index is 6.43. The van der Waals surface area contributed by atoms with Crippen LogP contribution < -0.4 is 0 Å². The average molecular weight is 654 g/mol. The lowest BCUT2D eigenvalue weighted by Crippen LogP contribution is -1.97. The van der Waals surface area contributed by atoms with E-state index < -0.39 is 0 Å². The number of para-hydroxylation sites is 4. The summed E-state index contributed by atoms with van der Waals surface area (Å²) in [5.41, 5.74) is 11.4. The van der Waals surface area contributed by atoms with E-state index in [1.807, 2.05) is 48.5 Å². The maximum Gasteiger partial charge on any atom is 0.160 e. The molecule has 0 aliphatic carbocycles. The Hall–Kier alpha value is -6.98. The highest BCUT2D eigenvalue weighted by molar-refractivity contribution is 6.27. The molecule has 0 aliphatic heterocycles. The fraction of sp³-hybridized carbons (Fsp3) is 0. The number of nitrogens with zero attached hydrogens (tertiary/aromatic N) is 3. The van der Waals surface area contributed by atoms with E-state index in [-0.39, 0.29) is 0 Å². The van der Waals surface area contributed by atoms with Gasteiger partial charge in [0.15, 0.2) is 5.82 Å². The van der Waals surface area contributed by atoms with Crippen LogP contribution in [-0.2, 0) is 0 Å².